The van der Waals surface area contributed by atoms with Crippen molar-refractivity contribution < 1.29 is 0 Å². The van der Waals surface area contributed by atoms with Gasteiger partial charge in [0.05, 0.1) is 0 Å². The molecule has 0 nitrogen and oxygen atoms in total. The molecular formula is H80Si39. The Kier molecular flexibility index (Phi) is 17.6. The summed E-state index contributed by atoms with van der Waals surface area (Å²) in [6.07, 6.45) is -6.95. The Morgan fingerprint density at radius 3 is 0.462 bits per heavy atom. The molecule has 0 aromatic rings. The summed E-state index contributed by atoms with van der Waals surface area (Å²) in [7, 11) is 53.8. The molecular weight excluding hydrogens is 1100 g/mol. The fraction of sp³-hybridized carbons (Fsp3) is 0. The van der Waals surface area contributed by atoms with Crippen molar-refractivity contribution in [3.05, 3.63) is 0 Å². The molecule has 0 amide bonds. The zero-order valence-electron chi connectivity index (χ0n) is 32.7. The summed E-state index contributed by atoms with van der Waals surface area (Å²) in [6.45, 7) is 0. The average Bonchev–Trinajstić information content (AvgIpc) is 2.50. The molecule has 0 aromatic heterocycles. The van der Waals surface area contributed by atoms with Crippen LogP contribution in [-0.2, 0) is 0 Å². The van der Waals surface area contributed by atoms with Gasteiger partial charge in [0, 0.05) is 0 Å². The van der Waals surface area contributed by atoms with Crippen LogP contribution in [0.2, 0.25) is 0 Å². The van der Waals surface area contributed by atoms with E-state index >= 15 is 0 Å². The number of hydrogen-bond donors (Lipinski definition) is 0. The minimum atomic E-state index is -0.698. The van der Waals surface area contributed by atoms with Gasteiger partial charge < -0.3 is 0 Å². The Balaban J connectivity index is 10.3. The van der Waals surface area contributed by atoms with E-state index in [0.29, 0.717) is 8.55 Å². The van der Waals surface area contributed by atoms with Crippen molar-refractivity contribution in [2.24, 2.45) is 0 Å². The van der Waals surface area contributed by atoms with E-state index < -0.39 is 73.7 Å². The van der Waals surface area contributed by atoms with Gasteiger partial charge in [-0.3, -0.25) is 0 Å². The molecule has 39 heteroatoms. The first-order valence-electron chi connectivity index (χ1n) is 16.3. The second kappa shape index (κ2) is 14.5. The summed E-state index contributed by atoms with van der Waals surface area (Å²) in [5.41, 5.74) is 0. The summed E-state index contributed by atoms with van der Waals surface area (Å²) in [5.74, 6) is 0. The van der Waals surface area contributed by atoms with Crippen LogP contribution < -0.4 is 0 Å². The van der Waals surface area contributed by atoms with Crippen LogP contribution in [0.4, 0.5) is 0 Å². The average molecular weight is 1180 g/mol. The van der Waals surface area contributed by atoms with Crippen molar-refractivity contribution in [3.8, 4) is 0 Å². The van der Waals surface area contributed by atoms with Crippen LogP contribution in [0.15, 0.2) is 0 Å². The van der Waals surface area contributed by atoms with Gasteiger partial charge in [-0.1, -0.05) is 0 Å². The van der Waals surface area contributed by atoms with Gasteiger partial charge >= 0.3 is 0 Å². The van der Waals surface area contributed by atoms with E-state index in [1.54, 1.807) is 0 Å². The van der Waals surface area contributed by atoms with Crippen LogP contribution in [0.1, 0.15) is 0 Å². The van der Waals surface area contributed by atoms with E-state index in [-0.39, 0.29) is 0 Å². The van der Waals surface area contributed by atoms with Crippen LogP contribution in [0, 0.1) is 0 Å². The van der Waals surface area contributed by atoms with Gasteiger partial charge in [-0.15, -0.1) is 0 Å². The zero-order chi connectivity index (χ0) is 32.7. The van der Waals surface area contributed by atoms with Gasteiger partial charge in [-0.05, 0) is 336 Å². The van der Waals surface area contributed by atoms with Gasteiger partial charge in [0.2, 0.25) is 0 Å². The first-order valence-corrected chi connectivity index (χ1v) is 147. The fourth-order valence-corrected chi connectivity index (χ4v) is 3530. The summed E-state index contributed by atoms with van der Waals surface area (Å²) in [5, 5.41) is 0. The number of rotatable bonds is 12. The molecule has 0 bridgehead atoms. The summed E-state index contributed by atoms with van der Waals surface area (Å²) >= 11 is 0. The molecule has 0 spiro atoms. The third-order valence-corrected chi connectivity index (χ3v) is 987. The molecule has 0 aliphatic heterocycles. The third kappa shape index (κ3) is 7.53. The molecule has 0 aliphatic carbocycles. The van der Waals surface area contributed by atoms with E-state index in [1.165, 1.54) is 0 Å². The molecule has 0 saturated carbocycles. The highest BCUT2D eigenvalue weighted by atomic mass is 31.0. The Bertz CT molecular complexity index is 700. The predicted octanol–water partition coefficient (Wildman–Crippen LogP) is -36.3. The largest absolute Gasteiger partial charge is 0.0119 e. The van der Waals surface area contributed by atoms with Crippen molar-refractivity contribution in [1.29, 1.82) is 0 Å². The molecule has 236 valence electrons. The van der Waals surface area contributed by atoms with Gasteiger partial charge in [0.25, 0.3) is 0 Å². The van der Waals surface area contributed by atoms with E-state index in [1.807, 2.05) is 215 Å². The molecule has 0 radical (unpaired) electrons. The summed E-state index contributed by atoms with van der Waals surface area (Å²) in [6, 6.07) is 0. The topological polar surface area (TPSA) is 0 Å². The molecule has 1 atom stereocenters. The lowest BCUT2D eigenvalue weighted by Crippen LogP contribution is -3.24. The highest BCUT2D eigenvalue weighted by Gasteiger charge is 2.88. The van der Waals surface area contributed by atoms with E-state index in [2.05, 4.69) is 39.0 Å². The predicted molar refractivity (Wildman–Crippen MR) is 336 cm³/mol. The molecule has 1 unspecified atom stereocenters. The zero-order valence-corrected chi connectivity index (χ0v) is 98.1. The first kappa shape index (κ1) is 47.5. The highest BCUT2D eigenvalue weighted by molar-refractivity contribution is 8.63. The smallest absolute Gasteiger partial charge is 0.000702 e. The second-order valence-electron chi connectivity index (χ2n) is 21.9. The van der Waals surface area contributed by atoms with Crippen LogP contribution >= 0.6 is 0 Å². The fourth-order valence-electron chi connectivity index (χ4n) is 14.5. The summed E-state index contributed by atoms with van der Waals surface area (Å²) < 4.78 is 0. The molecule has 0 aromatic carbocycles. The molecule has 39 heavy (non-hydrogen) atoms. The van der Waals surface area contributed by atoms with Gasteiger partial charge in [-0.2, -0.15) is 0 Å². The first-order chi connectivity index (χ1) is 16.3. The molecule has 0 fully saturated rings. The normalized spacial score (nSPS) is 34.2. The quantitative estimate of drug-likeness (QED) is 0.171. The minimum absolute atomic E-state index is 0.491. The van der Waals surface area contributed by atoms with Crippen LogP contribution in [-0.4, -0.2) is 336 Å². The summed E-state index contributed by atoms with van der Waals surface area (Å²) in [4.78, 5) is 0. The second-order valence-corrected chi connectivity index (χ2v) is 592. The van der Waals surface area contributed by atoms with Crippen molar-refractivity contribution in [2.75, 3.05) is 0 Å². The maximum absolute atomic E-state index is 2.17. The molecule has 0 heterocycles. The SMILES string of the molecule is [SiH3][SiH2][Si]([SiH3])([Si]([SiH3])([SiH3])[SiH3])[Si]([Si]([SiH3])([SiH3])[SiH3])([Si]([Si]([SiH3])([SiH3])[SiH3])([Si]([SiH3])([SiH3])[SiH3])[Si]([SiH3])([SiH3])[SiH3])[Si]([Si]([SiH3])([SiH3])[SiH3])([Si]([SiH3])([SiH3])[SiH3])[Si]([SiH3])([SiH3])[SiH3]. The Morgan fingerprint density at radius 1 is 0.231 bits per heavy atom. The van der Waals surface area contributed by atoms with E-state index in [0.717, 1.165) is 0 Å². The lowest BCUT2D eigenvalue weighted by Gasteiger charge is -2.86. The number of hydrogen-bond acceptors (Lipinski definition) is 0. The van der Waals surface area contributed by atoms with Crippen molar-refractivity contribution in [2.45, 2.75) is 0 Å². The molecule has 0 saturated heterocycles. The Morgan fingerprint density at radius 2 is 0.385 bits per heavy atom. The van der Waals surface area contributed by atoms with Crippen LogP contribution in [0.5, 0.6) is 0 Å². The molecule has 0 rings (SSSR count). The van der Waals surface area contributed by atoms with Crippen molar-refractivity contribution >= 4 is 336 Å². The monoisotopic (exact) mass is 1170 g/mol. The van der Waals surface area contributed by atoms with Gasteiger partial charge in [0.1, 0.15) is 0 Å². The van der Waals surface area contributed by atoms with Crippen LogP contribution in [0.3, 0.4) is 0 Å². The maximum Gasteiger partial charge on any atom is -0.000702 e. The minimum Gasteiger partial charge on any atom is -0.0119 e. The van der Waals surface area contributed by atoms with Crippen LogP contribution in [0.25, 0.3) is 0 Å². The standard InChI is InChI=1S/H80Si39/c1-27-36(26,28(2,3)4)39(35(23,24)25,37(29(5,6)7,30(8,9)10)31(11,12)13)38(32(14,15)16,33(17,18)19)34(20,21)22/h27H2,1-26H3. The van der Waals surface area contributed by atoms with Gasteiger partial charge in [0.15, 0.2) is 0 Å². The van der Waals surface area contributed by atoms with E-state index in [9.17, 15) is 0 Å². The lowest BCUT2D eigenvalue weighted by molar-refractivity contribution is 2.90. The van der Waals surface area contributed by atoms with E-state index in [4.69, 9.17) is 0 Å². The molecule has 0 aliphatic rings. The maximum atomic E-state index is 2.17. The highest BCUT2D eigenvalue weighted by Crippen LogP contribution is 2.50. The van der Waals surface area contributed by atoms with Crippen molar-refractivity contribution in [3.63, 3.8) is 0 Å². The Hall–Kier alpha value is 8.46. The van der Waals surface area contributed by atoms with Gasteiger partial charge in [-0.25, -0.2) is 0 Å². The van der Waals surface area contributed by atoms with Crippen molar-refractivity contribution in [1.82, 2.24) is 0 Å². The lowest BCUT2D eigenvalue weighted by atomic mass is 25.2. The third-order valence-electron chi connectivity index (χ3n) is 12.2. The molecule has 0 N–H and O–H groups in total. The Labute approximate surface area is 330 Å².